The summed E-state index contributed by atoms with van der Waals surface area (Å²) in [5, 5.41) is 14.2. The largest absolute Gasteiger partial charge is 0.471 e. The van der Waals surface area contributed by atoms with Gasteiger partial charge in [-0.2, -0.15) is 4.37 Å². The van der Waals surface area contributed by atoms with Crippen molar-refractivity contribution in [2.75, 3.05) is 57.7 Å². The Morgan fingerprint density at radius 2 is 1.71 bits per heavy atom. The molecule has 1 saturated heterocycles. The molecule has 2 heterocycles. The third kappa shape index (κ3) is 9.02. The van der Waals surface area contributed by atoms with E-state index < -0.39 is 30.2 Å². The van der Waals surface area contributed by atoms with Gasteiger partial charge in [0.1, 0.15) is 28.8 Å². The number of unbranched alkanes of at least 4 members (excludes halogenated alkanes) is 3. The number of halogens is 3. The highest BCUT2D eigenvalue weighted by Crippen LogP contribution is 2.31. The molecule has 1 fully saturated rings. The van der Waals surface area contributed by atoms with E-state index in [2.05, 4.69) is 24.8 Å². The van der Waals surface area contributed by atoms with E-state index in [-0.39, 0.29) is 33.6 Å². The van der Waals surface area contributed by atoms with Crippen LogP contribution in [0.3, 0.4) is 0 Å². The van der Waals surface area contributed by atoms with Crippen LogP contribution in [0.4, 0.5) is 18.6 Å². The summed E-state index contributed by atoms with van der Waals surface area (Å²) in [6.07, 6.45) is 3.90. The van der Waals surface area contributed by atoms with Crippen molar-refractivity contribution in [3.63, 3.8) is 0 Å². The van der Waals surface area contributed by atoms with Gasteiger partial charge >= 0.3 is 6.03 Å². The maximum absolute atomic E-state index is 14.0. The van der Waals surface area contributed by atoms with Gasteiger partial charge in [0.2, 0.25) is 5.88 Å². The molecule has 0 bridgehead atoms. The van der Waals surface area contributed by atoms with Gasteiger partial charge in [0.05, 0.1) is 12.2 Å². The van der Waals surface area contributed by atoms with Gasteiger partial charge in [0.15, 0.2) is 0 Å². The fourth-order valence-corrected chi connectivity index (χ4v) is 5.00. The molecule has 0 atom stereocenters. The summed E-state index contributed by atoms with van der Waals surface area (Å²) >= 11 is 6.39. The summed E-state index contributed by atoms with van der Waals surface area (Å²) in [7, 11) is 0. The number of rotatable bonds is 14. The van der Waals surface area contributed by atoms with Crippen LogP contribution in [0.25, 0.3) is 0 Å². The summed E-state index contributed by atoms with van der Waals surface area (Å²) < 4.78 is 37.3. The topological polar surface area (TPSA) is 133 Å². The number of amides is 3. The second-order valence-corrected chi connectivity index (χ2v) is 10.1. The third-order valence-corrected chi connectivity index (χ3v) is 7.13. The van der Waals surface area contributed by atoms with Crippen molar-refractivity contribution >= 4 is 40.1 Å². The first-order valence-corrected chi connectivity index (χ1v) is 13.6. The molecule has 3 rings (SSSR count). The number of ether oxygens (including phenoxy) is 1. The normalized spacial score (nSPS) is 14.4. The van der Waals surface area contributed by atoms with Gasteiger partial charge in [-0.1, -0.05) is 24.4 Å². The van der Waals surface area contributed by atoms with Crippen LogP contribution in [-0.2, 0) is 6.61 Å². The summed E-state index contributed by atoms with van der Waals surface area (Å²) in [4.78, 5) is 28.9. The minimum atomic E-state index is -0.907. The van der Waals surface area contributed by atoms with Crippen LogP contribution in [0.1, 0.15) is 41.6 Å². The van der Waals surface area contributed by atoms with Crippen molar-refractivity contribution < 1.29 is 28.2 Å². The standard InChI is InChI=1S/C24H33ClF2N6O4S/c25-16-13-18(26)17(19(27)14-16)15-37-22-20(21(28)35)23(38-31-22)30-24(36)29-5-3-1-2-4-6-32-7-9-33(10-8-32)11-12-34/h13-14,34H,1-12,15H2,(H2,28,35)(H2,29,30,36). The summed E-state index contributed by atoms with van der Waals surface area (Å²) in [5.74, 6) is -2.95. The Bertz CT molecular complexity index is 1060. The number of carbonyl (C=O) groups excluding carboxylic acids is 2. The molecule has 10 nitrogen and oxygen atoms in total. The second kappa shape index (κ2) is 15.1. The van der Waals surface area contributed by atoms with E-state index in [1.807, 2.05) is 0 Å². The van der Waals surface area contributed by atoms with Crippen LogP contribution in [0.5, 0.6) is 5.88 Å². The van der Waals surface area contributed by atoms with Crippen LogP contribution >= 0.6 is 23.1 Å². The van der Waals surface area contributed by atoms with Gasteiger partial charge in [-0.05, 0) is 43.1 Å². The zero-order valence-electron chi connectivity index (χ0n) is 21.0. The minimum Gasteiger partial charge on any atom is -0.471 e. The van der Waals surface area contributed by atoms with E-state index >= 15 is 0 Å². The predicted molar refractivity (Wildman–Crippen MR) is 142 cm³/mol. The number of primary amides is 1. The molecule has 0 radical (unpaired) electrons. The van der Waals surface area contributed by atoms with Crippen LogP contribution in [-0.4, -0.2) is 83.6 Å². The molecule has 14 heteroatoms. The molecular weight excluding hydrogens is 542 g/mol. The number of benzene rings is 1. The Balaban J connectivity index is 1.36. The van der Waals surface area contributed by atoms with Gasteiger partial charge in [-0.3, -0.25) is 15.0 Å². The number of carbonyl (C=O) groups is 2. The highest BCUT2D eigenvalue weighted by Gasteiger charge is 2.23. The molecule has 1 aromatic carbocycles. The Labute approximate surface area is 229 Å². The third-order valence-electron chi connectivity index (χ3n) is 6.16. The molecule has 0 saturated carbocycles. The first kappa shape index (κ1) is 30.0. The number of piperazine rings is 1. The van der Waals surface area contributed by atoms with Crippen LogP contribution in [0.2, 0.25) is 5.02 Å². The summed E-state index contributed by atoms with van der Waals surface area (Å²) in [5.41, 5.74) is 4.85. The molecular formula is C24H33ClF2N6O4S. The molecule has 38 heavy (non-hydrogen) atoms. The maximum atomic E-state index is 14.0. The number of hydrogen-bond acceptors (Lipinski definition) is 8. The zero-order chi connectivity index (χ0) is 27.5. The van der Waals surface area contributed by atoms with Crippen molar-refractivity contribution in [2.24, 2.45) is 5.73 Å². The van der Waals surface area contributed by atoms with Crippen molar-refractivity contribution in [3.05, 3.63) is 39.9 Å². The lowest BCUT2D eigenvalue weighted by molar-refractivity contribution is 0.0996. The molecule has 3 amide bonds. The Kier molecular flexibility index (Phi) is 11.9. The predicted octanol–water partition coefficient (Wildman–Crippen LogP) is 3.04. The quantitative estimate of drug-likeness (QED) is 0.255. The number of aromatic nitrogens is 1. The van der Waals surface area contributed by atoms with Gasteiger partial charge < -0.3 is 25.8 Å². The lowest BCUT2D eigenvalue weighted by Crippen LogP contribution is -2.47. The molecule has 0 unspecified atom stereocenters. The van der Waals surface area contributed by atoms with E-state index in [9.17, 15) is 18.4 Å². The van der Waals surface area contributed by atoms with Crippen LogP contribution in [0.15, 0.2) is 12.1 Å². The smallest absolute Gasteiger partial charge is 0.319 e. The molecule has 210 valence electrons. The highest BCUT2D eigenvalue weighted by molar-refractivity contribution is 7.11. The first-order chi connectivity index (χ1) is 18.3. The van der Waals surface area contributed by atoms with Crippen molar-refractivity contribution in [1.29, 1.82) is 0 Å². The number of β-amino-alcohol motifs (C(OH)–C–C–N with tert-alkyl or cyclic N) is 1. The Morgan fingerprint density at radius 3 is 2.34 bits per heavy atom. The van der Waals surface area contributed by atoms with Crippen molar-refractivity contribution in [1.82, 2.24) is 19.5 Å². The number of aliphatic hydroxyl groups excluding tert-OH is 1. The number of anilines is 1. The van der Waals surface area contributed by atoms with Crippen LogP contribution < -0.4 is 21.1 Å². The van der Waals surface area contributed by atoms with E-state index in [1.54, 1.807) is 0 Å². The first-order valence-electron chi connectivity index (χ1n) is 12.4. The van der Waals surface area contributed by atoms with Crippen molar-refractivity contribution in [2.45, 2.75) is 32.3 Å². The summed E-state index contributed by atoms with van der Waals surface area (Å²) in [6, 6.07) is 1.36. The number of hydrogen-bond donors (Lipinski definition) is 4. The molecule has 1 aliphatic heterocycles. The molecule has 1 aromatic heterocycles. The van der Waals surface area contributed by atoms with Gasteiger partial charge in [0, 0.05) is 44.3 Å². The fraction of sp³-hybridized carbons (Fsp3) is 0.542. The summed E-state index contributed by atoms with van der Waals surface area (Å²) in [6.45, 7) is 5.91. The average Bonchev–Trinajstić information content (AvgIpc) is 3.26. The van der Waals surface area contributed by atoms with Crippen molar-refractivity contribution in [3.8, 4) is 5.88 Å². The second-order valence-electron chi connectivity index (χ2n) is 8.89. The average molecular weight is 575 g/mol. The zero-order valence-corrected chi connectivity index (χ0v) is 22.6. The molecule has 0 aliphatic carbocycles. The maximum Gasteiger partial charge on any atom is 0.319 e. The Morgan fingerprint density at radius 1 is 1.08 bits per heavy atom. The number of urea groups is 1. The minimum absolute atomic E-state index is 0.0705. The monoisotopic (exact) mass is 574 g/mol. The number of nitrogens with one attached hydrogen (secondary N) is 2. The van der Waals surface area contributed by atoms with Gasteiger partial charge in [-0.15, -0.1) is 0 Å². The van der Waals surface area contributed by atoms with Crippen LogP contribution in [0, 0.1) is 11.6 Å². The number of aliphatic hydroxyl groups is 1. The van der Waals surface area contributed by atoms with E-state index in [0.29, 0.717) is 6.54 Å². The van der Waals surface area contributed by atoms with E-state index in [4.69, 9.17) is 27.2 Å². The number of nitrogens with zero attached hydrogens (tertiary/aromatic N) is 3. The van der Waals surface area contributed by atoms with E-state index in [1.165, 1.54) is 0 Å². The molecule has 1 aliphatic rings. The van der Waals surface area contributed by atoms with Gasteiger partial charge in [-0.25, -0.2) is 13.6 Å². The lowest BCUT2D eigenvalue weighted by Gasteiger charge is -2.34. The Hall–Kier alpha value is -2.58. The molecule has 5 N–H and O–H groups in total. The fourth-order valence-electron chi connectivity index (χ4n) is 4.07. The molecule has 2 aromatic rings. The molecule has 0 spiro atoms. The SMILES string of the molecule is NC(=O)c1c(OCc2c(F)cc(Cl)cc2F)nsc1NC(=O)NCCCCCCN1CCN(CCO)CC1. The number of nitrogens with two attached hydrogens (primary N) is 1. The van der Waals surface area contributed by atoms with E-state index in [0.717, 1.165) is 88.6 Å². The van der Waals surface area contributed by atoms with Gasteiger partial charge in [0.25, 0.3) is 5.91 Å². The lowest BCUT2D eigenvalue weighted by atomic mass is 10.2. The highest BCUT2D eigenvalue weighted by atomic mass is 35.5.